The molecular formula is C20H21ClN2O. The molecule has 0 aliphatic carbocycles. The highest BCUT2D eigenvalue weighted by atomic mass is 35.5. The van der Waals surface area contributed by atoms with Crippen molar-refractivity contribution in [1.29, 1.82) is 0 Å². The molecular weight excluding hydrogens is 320 g/mol. The number of hydrogen-bond donors (Lipinski definition) is 1. The minimum Gasteiger partial charge on any atom is -0.361 e. The van der Waals surface area contributed by atoms with Gasteiger partial charge in [0.05, 0.1) is 5.41 Å². The van der Waals surface area contributed by atoms with Crippen LogP contribution in [0.4, 0.5) is 0 Å². The number of rotatable bonds is 4. The SMILES string of the molecule is CN(Cc1ccccc1)C(=O)C(C)(C)c1c[nH]c2ccc(Cl)cc12. The van der Waals surface area contributed by atoms with E-state index in [0.29, 0.717) is 11.6 Å². The molecule has 4 heteroatoms. The summed E-state index contributed by atoms with van der Waals surface area (Å²) in [6.45, 7) is 4.51. The van der Waals surface area contributed by atoms with E-state index < -0.39 is 5.41 Å². The van der Waals surface area contributed by atoms with Crippen LogP contribution in [0, 0.1) is 0 Å². The lowest BCUT2D eigenvalue weighted by Gasteiger charge is -2.29. The van der Waals surface area contributed by atoms with E-state index >= 15 is 0 Å². The zero-order valence-electron chi connectivity index (χ0n) is 14.1. The number of H-pyrrole nitrogens is 1. The molecule has 0 radical (unpaired) electrons. The van der Waals surface area contributed by atoms with Crippen molar-refractivity contribution in [3.63, 3.8) is 0 Å². The van der Waals surface area contributed by atoms with Gasteiger partial charge in [-0.1, -0.05) is 41.9 Å². The lowest BCUT2D eigenvalue weighted by molar-refractivity contribution is -0.135. The Balaban J connectivity index is 1.90. The molecule has 1 N–H and O–H groups in total. The number of benzene rings is 2. The highest BCUT2D eigenvalue weighted by molar-refractivity contribution is 6.31. The van der Waals surface area contributed by atoms with Gasteiger partial charge in [-0.25, -0.2) is 0 Å². The molecule has 3 rings (SSSR count). The van der Waals surface area contributed by atoms with E-state index in [2.05, 4.69) is 4.98 Å². The van der Waals surface area contributed by atoms with E-state index in [1.54, 1.807) is 4.90 Å². The van der Waals surface area contributed by atoms with Gasteiger partial charge in [0, 0.05) is 35.7 Å². The second kappa shape index (κ2) is 6.33. The first-order valence-electron chi connectivity index (χ1n) is 7.96. The zero-order chi connectivity index (χ0) is 17.3. The molecule has 24 heavy (non-hydrogen) atoms. The molecule has 1 aromatic heterocycles. The molecule has 3 nitrogen and oxygen atoms in total. The first-order chi connectivity index (χ1) is 11.4. The minimum absolute atomic E-state index is 0.0761. The third-order valence-electron chi connectivity index (χ3n) is 4.46. The smallest absolute Gasteiger partial charge is 0.232 e. The number of nitrogens with one attached hydrogen (secondary N) is 1. The Labute approximate surface area is 147 Å². The number of likely N-dealkylation sites (N-methyl/N-ethyl adjacent to an activating group) is 1. The average molecular weight is 341 g/mol. The highest BCUT2D eigenvalue weighted by Gasteiger charge is 2.34. The lowest BCUT2D eigenvalue weighted by Crippen LogP contribution is -2.40. The molecule has 0 atom stereocenters. The van der Waals surface area contributed by atoms with Crippen molar-refractivity contribution in [2.45, 2.75) is 25.8 Å². The molecule has 0 spiro atoms. The second-order valence-corrected chi connectivity index (χ2v) is 7.10. The summed E-state index contributed by atoms with van der Waals surface area (Å²) >= 11 is 6.14. The summed E-state index contributed by atoms with van der Waals surface area (Å²) in [4.78, 5) is 18.1. The van der Waals surface area contributed by atoms with Crippen molar-refractivity contribution in [3.05, 3.63) is 70.9 Å². The number of aromatic amines is 1. The lowest BCUT2D eigenvalue weighted by atomic mass is 9.83. The molecule has 0 unspecified atom stereocenters. The molecule has 2 aromatic carbocycles. The van der Waals surface area contributed by atoms with Crippen LogP contribution in [-0.2, 0) is 16.8 Å². The molecule has 0 aliphatic rings. The summed E-state index contributed by atoms with van der Waals surface area (Å²) < 4.78 is 0. The summed E-state index contributed by atoms with van der Waals surface area (Å²) in [5, 5.41) is 1.67. The molecule has 0 saturated heterocycles. The fourth-order valence-corrected chi connectivity index (χ4v) is 3.30. The first kappa shape index (κ1) is 16.6. The third-order valence-corrected chi connectivity index (χ3v) is 4.70. The number of carbonyl (C=O) groups is 1. The number of hydrogen-bond acceptors (Lipinski definition) is 1. The summed E-state index contributed by atoms with van der Waals surface area (Å²) in [6, 6.07) is 15.7. The van der Waals surface area contributed by atoms with Gasteiger partial charge in [0.15, 0.2) is 0 Å². The van der Waals surface area contributed by atoms with Crippen LogP contribution >= 0.6 is 11.6 Å². The largest absolute Gasteiger partial charge is 0.361 e. The average Bonchev–Trinajstić information content (AvgIpc) is 2.98. The van der Waals surface area contributed by atoms with E-state index in [1.165, 1.54) is 0 Å². The number of halogens is 1. The Bertz CT molecular complexity index is 868. The van der Waals surface area contributed by atoms with Crippen molar-refractivity contribution < 1.29 is 4.79 Å². The van der Waals surface area contributed by atoms with Crippen LogP contribution < -0.4 is 0 Å². The minimum atomic E-state index is -0.646. The summed E-state index contributed by atoms with van der Waals surface area (Å²) in [7, 11) is 1.85. The van der Waals surface area contributed by atoms with Gasteiger partial charge in [-0.2, -0.15) is 0 Å². The molecule has 3 aromatic rings. The second-order valence-electron chi connectivity index (χ2n) is 6.66. The van der Waals surface area contributed by atoms with Gasteiger partial charge in [0.1, 0.15) is 0 Å². The van der Waals surface area contributed by atoms with E-state index in [0.717, 1.165) is 22.0 Å². The van der Waals surface area contributed by atoms with Gasteiger partial charge in [-0.05, 0) is 43.2 Å². The van der Waals surface area contributed by atoms with Gasteiger partial charge in [-0.3, -0.25) is 4.79 Å². The summed E-state index contributed by atoms with van der Waals surface area (Å²) in [5.74, 6) is 0.0761. The monoisotopic (exact) mass is 340 g/mol. The molecule has 0 aliphatic heterocycles. The Morgan fingerprint density at radius 1 is 1.17 bits per heavy atom. The number of nitrogens with zero attached hydrogens (tertiary/aromatic N) is 1. The van der Waals surface area contributed by atoms with Crippen molar-refractivity contribution in [2.24, 2.45) is 0 Å². The molecule has 0 bridgehead atoms. The Morgan fingerprint density at radius 2 is 1.88 bits per heavy atom. The van der Waals surface area contributed by atoms with Crippen LogP contribution in [0.3, 0.4) is 0 Å². The number of aromatic nitrogens is 1. The predicted molar refractivity (Wildman–Crippen MR) is 99.3 cm³/mol. The normalized spacial score (nSPS) is 11.7. The van der Waals surface area contributed by atoms with Crippen LogP contribution in [0.2, 0.25) is 5.02 Å². The first-order valence-corrected chi connectivity index (χ1v) is 8.34. The fraction of sp³-hybridized carbons (Fsp3) is 0.250. The van der Waals surface area contributed by atoms with Crippen LogP contribution in [0.25, 0.3) is 10.9 Å². The molecule has 124 valence electrons. The third kappa shape index (κ3) is 3.04. The van der Waals surface area contributed by atoms with Crippen LogP contribution in [0.1, 0.15) is 25.0 Å². The van der Waals surface area contributed by atoms with Gasteiger partial charge in [-0.15, -0.1) is 0 Å². The standard InChI is InChI=1S/C20H21ClN2O/c1-20(2,17-12-22-18-10-9-15(21)11-16(17)18)19(24)23(3)13-14-7-5-4-6-8-14/h4-12,22H,13H2,1-3H3. The quantitative estimate of drug-likeness (QED) is 0.730. The summed E-state index contributed by atoms with van der Waals surface area (Å²) in [6.07, 6.45) is 1.91. The molecule has 1 amide bonds. The maximum Gasteiger partial charge on any atom is 0.232 e. The predicted octanol–water partition coefficient (Wildman–Crippen LogP) is 4.76. The van der Waals surface area contributed by atoms with Crippen molar-refractivity contribution >= 4 is 28.4 Å². The van der Waals surface area contributed by atoms with Crippen LogP contribution in [0.15, 0.2) is 54.7 Å². The van der Waals surface area contributed by atoms with Crippen LogP contribution in [0.5, 0.6) is 0 Å². The molecule has 0 saturated carbocycles. The maximum absolute atomic E-state index is 13.1. The van der Waals surface area contributed by atoms with E-state index in [9.17, 15) is 4.79 Å². The van der Waals surface area contributed by atoms with Gasteiger partial charge in [0.25, 0.3) is 0 Å². The molecule has 0 fully saturated rings. The van der Waals surface area contributed by atoms with E-state index in [4.69, 9.17) is 11.6 Å². The van der Waals surface area contributed by atoms with Crippen molar-refractivity contribution in [1.82, 2.24) is 9.88 Å². The highest BCUT2D eigenvalue weighted by Crippen LogP contribution is 2.33. The fourth-order valence-electron chi connectivity index (χ4n) is 3.13. The van der Waals surface area contributed by atoms with Crippen molar-refractivity contribution in [2.75, 3.05) is 7.05 Å². The zero-order valence-corrected chi connectivity index (χ0v) is 14.9. The number of carbonyl (C=O) groups excluding carboxylic acids is 1. The topological polar surface area (TPSA) is 36.1 Å². The number of fused-ring (bicyclic) bond motifs is 1. The molecule has 1 heterocycles. The number of amides is 1. The Kier molecular flexibility index (Phi) is 4.37. The van der Waals surface area contributed by atoms with E-state index in [1.807, 2.05) is 75.6 Å². The Morgan fingerprint density at radius 3 is 2.58 bits per heavy atom. The Hall–Kier alpha value is -2.26. The van der Waals surface area contributed by atoms with Crippen molar-refractivity contribution in [3.8, 4) is 0 Å². The van der Waals surface area contributed by atoms with E-state index in [-0.39, 0.29) is 5.91 Å². The van der Waals surface area contributed by atoms with Gasteiger partial charge < -0.3 is 9.88 Å². The van der Waals surface area contributed by atoms with Crippen LogP contribution in [-0.4, -0.2) is 22.8 Å². The van der Waals surface area contributed by atoms with Gasteiger partial charge >= 0.3 is 0 Å². The van der Waals surface area contributed by atoms with Gasteiger partial charge in [0.2, 0.25) is 5.91 Å². The summed E-state index contributed by atoms with van der Waals surface area (Å²) in [5.41, 5.74) is 2.42. The maximum atomic E-state index is 13.1.